The van der Waals surface area contributed by atoms with Gasteiger partial charge in [-0.25, -0.2) is 9.18 Å². The predicted molar refractivity (Wildman–Crippen MR) is 116 cm³/mol. The third-order valence-electron chi connectivity index (χ3n) is 5.13. The summed E-state index contributed by atoms with van der Waals surface area (Å²) in [6, 6.07) is 2.68. The fraction of sp³-hybridized carbons (Fsp3) is 0.250. The molecule has 3 heterocycles. The number of halogens is 2. The van der Waals surface area contributed by atoms with Crippen molar-refractivity contribution < 1.29 is 14.0 Å². The first-order valence-corrected chi connectivity index (χ1v) is 10.3. The summed E-state index contributed by atoms with van der Waals surface area (Å²) in [4.78, 5) is 32.3. The number of amides is 3. The molecule has 10 nitrogen and oxygen atoms in total. The van der Waals surface area contributed by atoms with Gasteiger partial charge < -0.3 is 16.0 Å². The molecule has 0 spiro atoms. The number of anilines is 2. The number of imide groups is 1. The molecule has 2 fully saturated rings. The number of aromatic nitrogens is 4. The molecule has 3 amide bonds. The lowest BCUT2D eigenvalue weighted by Gasteiger charge is -2.12. The minimum atomic E-state index is -0.595. The Morgan fingerprint density at radius 1 is 1.28 bits per heavy atom. The number of hydrogen-bond donors (Lipinski definition) is 4. The van der Waals surface area contributed by atoms with Gasteiger partial charge in [-0.05, 0) is 37.5 Å². The number of aryl methyl sites for hydroxylation is 1. The molecule has 12 heteroatoms. The molecule has 0 atom stereocenters. The SMILES string of the molecule is Cc1ccc(F)c(CNc2nc(NC3CC3)n3ncc(/C=C4\NC(=O)NC4=O)c3n2)c1Cl. The number of benzene rings is 1. The number of rotatable bonds is 6. The molecule has 0 bridgehead atoms. The van der Waals surface area contributed by atoms with Crippen LogP contribution in [0.15, 0.2) is 24.0 Å². The number of nitrogens with one attached hydrogen (secondary N) is 4. The number of carbonyl (C=O) groups is 2. The van der Waals surface area contributed by atoms with Crippen LogP contribution in [0.1, 0.15) is 29.5 Å². The highest BCUT2D eigenvalue weighted by atomic mass is 35.5. The van der Waals surface area contributed by atoms with Crippen LogP contribution in [0.2, 0.25) is 5.02 Å². The number of carbonyl (C=O) groups excluding carboxylic acids is 2. The van der Waals surface area contributed by atoms with Crippen molar-refractivity contribution in [1.29, 1.82) is 0 Å². The van der Waals surface area contributed by atoms with E-state index in [4.69, 9.17) is 11.6 Å². The van der Waals surface area contributed by atoms with E-state index in [1.807, 2.05) is 0 Å². The highest BCUT2D eigenvalue weighted by molar-refractivity contribution is 6.32. The minimum Gasteiger partial charge on any atom is -0.351 e. The highest BCUT2D eigenvalue weighted by Crippen LogP contribution is 2.27. The number of hydrogen-bond acceptors (Lipinski definition) is 7. The fourth-order valence-electron chi connectivity index (χ4n) is 3.26. The zero-order valence-electron chi connectivity index (χ0n) is 16.9. The average molecular weight is 457 g/mol. The summed E-state index contributed by atoms with van der Waals surface area (Å²) in [5, 5.41) is 15.6. The van der Waals surface area contributed by atoms with E-state index < -0.39 is 17.8 Å². The van der Waals surface area contributed by atoms with Crippen molar-refractivity contribution in [2.75, 3.05) is 10.6 Å². The molecule has 164 valence electrons. The van der Waals surface area contributed by atoms with E-state index in [0.717, 1.165) is 18.4 Å². The summed E-state index contributed by atoms with van der Waals surface area (Å²) < 4.78 is 15.8. The topological polar surface area (TPSA) is 125 Å². The monoisotopic (exact) mass is 456 g/mol. The molecule has 0 radical (unpaired) electrons. The average Bonchev–Trinajstić information content (AvgIpc) is 3.39. The Hall–Kier alpha value is -3.73. The molecule has 1 saturated carbocycles. The maximum Gasteiger partial charge on any atom is 0.326 e. The molecule has 1 aliphatic carbocycles. The van der Waals surface area contributed by atoms with E-state index in [2.05, 4.69) is 36.3 Å². The summed E-state index contributed by atoms with van der Waals surface area (Å²) in [6.07, 6.45) is 5.04. The molecule has 32 heavy (non-hydrogen) atoms. The van der Waals surface area contributed by atoms with Gasteiger partial charge in [-0.3, -0.25) is 10.1 Å². The van der Waals surface area contributed by atoms with Crippen molar-refractivity contribution >= 4 is 47.2 Å². The van der Waals surface area contributed by atoms with E-state index in [0.29, 0.717) is 27.7 Å². The van der Waals surface area contributed by atoms with Crippen molar-refractivity contribution in [1.82, 2.24) is 30.2 Å². The lowest BCUT2D eigenvalue weighted by atomic mass is 10.1. The van der Waals surface area contributed by atoms with Gasteiger partial charge in [0.2, 0.25) is 11.9 Å². The first-order valence-electron chi connectivity index (χ1n) is 9.93. The fourth-order valence-corrected chi connectivity index (χ4v) is 3.48. The highest BCUT2D eigenvalue weighted by Gasteiger charge is 2.26. The largest absolute Gasteiger partial charge is 0.351 e. The number of fused-ring (bicyclic) bond motifs is 1. The molecule has 1 aromatic carbocycles. The third-order valence-corrected chi connectivity index (χ3v) is 5.65. The maximum absolute atomic E-state index is 14.3. The Balaban J connectivity index is 1.51. The van der Waals surface area contributed by atoms with Crippen LogP contribution >= 0.6 is 11.6 Å². The molecule has 2 aromatic heterocycles. The first-order chi connectivity index (χ1) is 15.4. The zero-order valence-corrected chi connectivity index (χ0v) is 17.6. The van der Waals surface area contributed by atoms with Crippen molar-refractivity contribution in [3.63, 3.8) is 0 Å². The summed E-state index contributed by atoms with van der Waals surface area (Å²) in [7, 11) is 0. The second-order valence-corrected chi connectivity index (χ2v) is 7.98. The Kier molecular flexibility index (Phi) is 4.89. The zero-order chi connectivity index (χ0) is 22.4. The van der Waals surface area contributed by atoms with Crippen molar-refractivity contribution in [2.45, 2.75) is 32.4 Å². The summed E-state index contributed by atoms with van der Waals surface area (Å²) in [5.41, 5.74) is 2.07. The number of nitrogens with zero attached hydrogens (tertiary/aromatic N) is 4. The second kappa shape index (κ2) is 7.75. The smallest absolute Gasteiger partial charge is 0.326 e. The molecular weight excluding hydrogens is 439 g/mol. The van der Waals surface area contributed by atoms with Crippen molar-refractivity contribution in [2.24, 2.45) is 0 Å². The van der Waals surface area contributed by atoms with E-state index >= 15 is 0 Å². The van der Waals surface area contributed by atoms with Crippen LogP contribution in [0.3, 0.4) is 0 Å². The molecule has 0 unspecified atom stereocenters. The molecular formula is C20H18ClFN8O2. The standard InChI is InChI=1S/C20H18ClFN8O2/c1-9-2-5-13(22)12(15(9)21)8-23-18-27-16-10(6-14-17(31)28-20(32)26-14)7-24-30(16)19(29-18)25-11-3-4-11/h2,5-7,11H,3-4,8H2,1H3,(H2,23,25,27,29)(H2,26,28,31,32)/b14-6-. The third kappa shape index (κ3) is 3.82. The second-order valence-electron chi connectivity index (χ2n) is 7.60. The summed E-state index contributed by atoms with van der Waals surface area (Å²) in [6.45, 7) is 1.88. The van der Waals surface area contributed by atoms with Gasteiger partial charge in [0, 0.05) is 23.7 Å². The number of urea groups is 1. The van der Waals surface area contributed by atoms with E-state index in [1.54, 1.807) is 13.0 Å². The minimum absolute atomic E-state index is 0.0778. The summed E-state index contributed by atoms with van der Waals surface area (Å²) >= 11 is 6.27. The first kappa shape index (κ1) is 20.2. The van der Waals surface area contributed by atoms with Gasteiger partial charge in [-0.1, -0.05) is 17.7 Å². The molecule has 1 saturated heterocycles. The lowest BCUT2D eigenvalue weighted by molar-refractivity contribution is -0.115. The summed E-state index contributed by atoms with van der Waals surface area (Å²) in [5.74, 6) is -0.274. The maximum atomic E-state index is 14.3. The molecule has 3 aromatic rings. The van der Waals surface area contributed by atoms with Gasteiger partial charge in [-0.15, -0.1) is 0 Å². The van der Waals surface area contributed by atoms with Crippen LogP contribution in [0, 0.1) is 12.7 Å². The van der Waals surface area contributed by atoms with Gasteiger partial charge in [-0.2, -0.15) is 19.6 Å². The predicted octanol–water partition coefficient (Wildman–Crippen LogP) is 2.59. The van der Waals surface area contributed by atoms with Gasteiger partial charge in [0.15, 0.2) is 5.65 Å². The lowest BCUT2D eigenvalue weighted by Crippen LogP contribution is -2.22. The van der Waals surface area contributed by atoms with Gasteiger partial charge >= 0.3 is 6.03 Å². The van der Waals surface area contributed by atoms with Crippen LogP contribution in [0.4, 0.5) is 21.1 Å². The van der Waals surface area contributed by atoms with Crippen LogP contribution in [0.25, 0.3) is 11.7 Å². The molecule has 5 rings (SSSR count). The van der Waals surface area contributed by atoms with Crippen LogP contribution in [-0.4, -0.2) is 37.6 Å². The molecule has 2 aliphatic rings. The van der Waals surface area contributed by atoms with Crippen molar-refractivity contribution in [3.8, 4) is 0 Å². The normalized spacial score (nSPS) is 17.0. The van der Waals surface area contributed by atoms with Gasteiger partial charge in [0.1, 0.15) is 11.5 Å². The van der Waals surface area contributed by atoms with Crippen molar-refractivity contribution in [3.05, 3.63) is 51.6 Å². The Morgan fingerprint density at radius 3 is 2.81 bits per heavy atom. The van der Waals surface area contributed by atoms with Gasteiger partial charge in [0.25, 0.3) is 5.91 Å². The van der Waals surface area contributed by atoms with E-state index in [1.165, 1.54) is 22.9 Å². The van der Waals surface area contributed by atoms with Crippen LogP contribution < -0.4 is 21.3 Å². The molecule has 4 N–H and O–H groups in total. The van der Waals surface area contributed by atoms with Gasteiger partial charge in [0.05, 0.1) is 11.2 Å². The van der Waals surface area contributed by atoms with Crippen LogP contribution in [-0.2, 0) is 11.3 Å². The Morgan fingerprint density at radius 2 is 2.09 bits per heavy atom. The van der Waals surface area contributed by atoms with E-state index in [9.17, 15) is 14.0 Å². The quantitative estimate of drug-likeness (QED) is 0.332. The van der Waals surface area contributed by atoms with E-state index in [-0.39, 0.29) is 24.2 Å². The molecule has 1 aliphatic heterocycles. The Labute approximate surface area is 186 Å². The Bertz CT molecular complexity index is 1300. The van der Waals surface area contributed by atoms with Crippen LogP contribution in [0.5, 0.6) is 0 Å².